The van der Waals surface area contributed by atoms with Gasteiger partial charge < -0.3 is 25.0 Å². The first kappa shape index (κ1) is 31.2. The smallest absolute Gasteiger partial charge is 0.352 e. The van der Waals surface area contributed by atoms with Crippen molar-refractivity contribution in [2.75, 3.05) is 13.2 Å². The number of aliphatic hydroxyl groups is 2. The predicted molar refractivity (Wildman–Crippen MR) is 162 cm³/mol. The highest BCUT2D eigenvalue weighted by Crippen LogP contribution is 2.36. The lowest BCUT2D eigenvalue weighted by Gasteiger charge is -2.25. The third-order valence-electron chi connectivity index (χ3n) is 6.85. The Balaban J connectivity index is 0.00000441. The molecule has 0 aliphatic heterocycles. The lowest BCUT2D eigenvalue weighted by atomic mass is 9.86. The number of aliphatic hydroxyl groups excluding tert-OH is 2. The summed E-state index contributed by atoms with van der Waals surface area (Å²) in [6, 6.07) is 20.4. The van der Waals surface area contributed by atoms with E-state index >= 15 is 0 Å². The molecular formula is C32H39ClN2O5. The van der Waals surface area contributed by atoms with Gasteiger partial charge in [-0.05, 0) is 65.8 Å². The van der Waals surface area contributed by atoms with Crippen LogP contribution in [0.5, 0.6) is 5.75 Å². The molecule has 0 aliphatic carbocycles. The molecule has 5 N–H and O–H groups in total. The number of carboxylic acids is 1. The van der Waals surface area contributed by atoms with Crippen LogP contribution in [0.15, 0.2) is 66.7 Å². The molecule has 0 bridgehead atoms. The number of benzene rings is 3. The van der Waals surface area contributed by atoms with Crippen LogP contribution in [0.25, 0.3) is 22.0 Å². The van der Waals surface area contributed by atoms with Gasteiger partial charge in [-0.2, -0.15) is 0 Å². The Bertz CT molecular complexity index is 1420. The third kappa shape index (κ3) is 6.85. The van der Waals surface area contributed by atoms with Gasteiger partial charge in [-0.15, -0.1) is 12.4 Å². The normalized spacial score (nSPS) is 12.5. The topological polar surface area (TPSA) is 115 Å². The SMILES string of the molecule is CC(C)Oc1ccc(C(NC(CO)CO)c2c(C(=O)O)[nH]c3ccc(-c4ccc(C(C)(C)C)cc4)cc23)cc1.Cl. The molecule has 1 aromatic heterocycles. The van der Waals surface area contributed by atoms with Gasteiger partial charge in [-0.3, -0.25) is 5.32 Å². The van der Waals surface area contributed by atoms with Crippen molar-refractivity contribution in [3.05, 3.63) is 89.1 Å². The molecule has 40 heavy (non-hydrogen) atoms. The summed E-state index contributed by atoms with van der Waals surface area (Å²) in [5.41, 5.74) is 5.32. The van der Waals surface area contributed by atoms with Crippen LogP contribution in [-0.4, -0.2) is 51.6 Å². The maximum atomic E-state index is 12.4. The minimum Gasteiger partial charge on any atom is -0.491 e. The average Bonchev–Trinajstić information content (AvgIpc) is 3.28. The van der Waals surface area contributed by atoms with E-state index in [0.717, 1.165) is 22.1 Å². The minimum absolute atomic E-state index is 0. The quantitative estimate of drug-likeness (QED) is 0.159. The van der Waals surface area contributed by atoms with Gasteiger partial charge in [0.2, 0.25) is 0 Å². The van der Waals surface area contributed by atoms with Crippen molar-refractivity contribution in [3.63, 3.8) is 0 Å². The van der Waals surface area contributed by atoms with Crippen molar-refractivity contribution >= 4 is 29.3 Å². The summed E-state index contributed by atoms with van der Waals surface area (Å²) in [6.45, 7) is 9.81. The summed E-state index contributed by atoms with van der Waals surface area (Å²) in [5, 5.41) is 33.9. The molecule has 0 amide bonds. The number of aromatic amines is 1. The molecule has 1 heterocycles. The van der Waals surface area contributed by atoms with Gasteiger partial charge in [0.15, 0.2) is 0 Å². The van der Waals surface area contributed by atoms with E-state index in [1.807, 2.05) is 56.3 Å². The number of H-pyrrole nitrogens is 1. The van der Waals surface area contributed by atoms with Crippen molar-refractivity contribution in [3.8, 4) is 16.9 Å². The van der Waals surface area contributed by atoms with Crippen LogP contribution in [0, 0.1) is 0 Å². The highest BCUT2D eigenvalue weighted by molar-refractivity contribution is 5.99. The summed E-state index contributed by atoms with van der Waals surface area (Å²) in [7, 11) is 0. The summed E-state index contributed by atoms with van der Waals surface area (Å²) >= 11 is 0. The van der Waals surface area contributed by atoms with Crippen LogP contribution in [0.3, 0.4) is 0 Å². The van der Waals surface area contributed by atoms with Crippen molar-refractivity contribution in [2.24, 2.45) is 0 Å². The zero-order valence-corrected chi connectivity index (χ0v) is 24.4. The second-order valence-electron chi connectivity index (χ2n) is 11.2. The Morgan fingerprint density at radius 2 is 1.52 bits per heavy atom. The fourth-order valence-electron chi connectivity index (χ4n) is 4.78. The molecule has 1 unspecified atom stereocenters. The molecular weight excluding hydrogens is 528 g/mol. The fraction of sp³-hybridized carbons (Fsp3) is 0.344. The summed E-state index contributed by atoms with van der Waals surface area (Å²) in [6.07, 6.45) is 0.0149. The van der Waals surface area contributed by atoms with E-state index in [1.165, 1.54) is 5.56 Å². The Kier molecular flexibility index (Phi) is 10.0. The van der Waals surface area contributed by atoms with Gasteiger partial charge in [-0.25, -0.2) is 4.79 Å². The van der Waals surface area contributed by atoms with Crippen LogP contribution in [-0.2, 0) is 5.41 Å². The molecule has 7 nitrogen and oxygen atoms in total. The van der Waals surface area contributed by atoms with E-state index < -0.39 is 18.1 Å². The number of nitrogens with one attached hydrogen (secondary N) is 2. The van der Waals surface area contributed by atoms with Crippen LogP contribution < -0.4 is 10.1 Å². The van der Waals surface area contributed by atoms with Crippen molar-refractivity contribution in [2.45, 2.75) is 58.2 Å². The van der Waals surface area contributed by atoms with Crippen molar-refractivity contribution < 1.29 is 24.9 Å². The van der Waals surface area contributed by atoms with Crippen LogP contribution in [0.1, 0.15) is 67.8 Å². The lowest BCUT2D eigenvalue weighted by Crippen LogP contribution is -2.39. The number of ether oxygens (including phenoxy) is 1. The van der Waals surface area contributed by atoms with Gasteiger partial charge in [-0.1, -0.05) is 63.2 Å². The van der Waals surface area contributed by atoms with E-state index in [4.69, 9.17) is 4.74 Å². The predicted octanol–water partition coefficient (Wildman–Crippen LogP) is 6.07. The summed E-state index contributed by atoms with van der Waals surface area (Å²) in [5.74, 6) is -0.389. The Morgan fingerprint density at radius 1 is 0.925 bits per heavy atom. The molecule has 3 aromatic carbocycles. The lowest BCUT2D eigenvalue weighted by molar-refractivity contribution is 0.0689. The van der Waals surface area contributed by atoms with Gasteiger partial charge in [0.25, 0.3) is 0 Å². The first-order valence-electron chi connectivity index (χ1n) is 13.3. The highest BCUT2D eigenvalue weighted by Gasteiger charge is 2.28. The molecule has 0 spiro atoms. The standard InChI is InChI=1S/C32H38N2O5.ClH/c1-19(2)39-25-13-8-21(9-14-25)29(33-24(17-35)18-36)28-26-16-22(10-15-27(26)34-30(28)31(37)38)20-6-11-23(12-7-20)32(3,4)5;/h6-16,19,24,29,33-36H,17-18H2,1-5H3,(H,37,38);1H. The summed E-state index contributed by atoms with van der Waals surface area (Å²) < 4.78 is 5.79. The number of carboxylic acid groups (broad SMARTS) is 1. The van der Waals surface area contributed by atoms with Gasteiger partial charge in [0.1, 0.15) is 11.4 Å². The monoisotopic (exact) mass is 566 g/mol. The van der Waals surface area contributed by atoms with Gasteiger partial charge >= 0.3 is 5.97 Å². The number of hydrogen-bond acceptors (Lipinski definition) is 5. The molecule has 214 valence electrons. The number of halogens is 1. The van der Waals surface area contributed by atoms with E-state index in [9.17, 15) is 20.1 Å². The average molecular weight is 567 g/mol. The Labute approximate surface area is 241 Å². The van der Waals surface area contributed by atoms with E-state index in [1.54, 1.807) is 0 Å². The second-order valence-corrected chi connectivity index (χ2v) is 11.2. The molecule has 0 aliphatic rings. The maximum Gasteiger partial charge on any atom is 0.352 e. The number of hydrogen-bond donors (Lipinski definition) is 5. The van der Waals surface area contributed by atoms with Crippen molar-refractivity contribution in [1.29, 1.82) is 0 Å². The first-order chi connectivity index (χ1) is 18.5. The van der Waals surface area contributed by atoms with E-state index in [2.05, 4.69) is 55.3 Å². The zero-order valence-electron chi connectivity index (χ0n) is 23.6. The minimum atomic E-state index is -1.09. The van der Waals surface area contributed by atoms with Crippen molar-refractivity contribution in [1.82, 2.24) is 10.3 Å². The van der Waals surface area contributed by atoms with Gasteiger partial charge in [0, 0.05) is 16.5 Å². The number of fused-ring (bicyclic) bond motifs is 1. The Hall–Kier alpha value is -3.36. The fourth-order valence-corrected chi connectivity index (χ4v) is 4.78. The number of aromatic carboxylic acids is 1. The van der Waals surface area contributed by atoms with E-state index in [0.29, 0.717) is 16.8 Å². The number of aromatic nitrogens is 1. The van der Waals surface area contributed by atoms with Crippen LogP contribution in [0.2, 0.25) is 0 Å². The third-order valence-corrected chi connectivity index (χ3v) is 6.85. The maximum absolute atomic E-state index is 12.4. The molecule has 0 radical (unpaired) electrons. The first-order valence-corrected chi connectivity index (χ1v) is 13.3. The molecule has 1 atom stereocenters. The number of carbonyl (C=O) groups is 1. The number of rotatable bonds is 10. The largest absolute Gasteiger partial charge is 0.491 e. The zero-order chi connectivity index (χ0) is 28.3. The highest BCUT2D eigenvalue weighted by atomic mass is 35.5. The molecule has 4 rings (SSSR count). The molecule has 4 aromatic rings. The molecule has 0 saturated heterocycles. The van der Waals surface area contributed by atoms with Crippen LogP contribution in [0.4, 0.5) is 0 Å². The van der Waals surface area contributed by atoms with E-state index in [-0.39, 0.29) is 42.8 Å². The van der Waals surface area contributed by atoms with Gasteiger partial charge in [0.05, 0.1) is 31.4 Å². The summed E-state index contributed by atoms with van der Waals surface area (Å²) in [4.78, 5) is 15.5. The molecule has 8 heteroatoms. The Morgan fingerprint density at radius 3 is 2.05 bits per heavy atom. The van der Waals surface area contributed by atoms with Crippen LogP contribution >= 0.6 is 12.4 Å². The second kappa shape index (κ2) is 12.9. The molecule has 0 fully saturated rings. The molecule has 0 saturated carbocycles.